The smallest absolute Gasteiger partial charge is 0.329 e. The Balaban J connectivity index is 1.51. The fourth-order valence-corrected chi connectivity index (χ4v) is 4.72. The van der Waals surface area contributed by atoms with Gasteiger partial charge in [0.25, 0.3) is 11.5 Å². The van der Waals surface area contributed by atoms with Crippen molar-refractivity contribution >= 4 is 34.4 Å². The number of aromatic amines is 1. The molecule has 0 fully saturated rings. The first-order valence-electron chi connectivity index (χ1n) is 11.1. The van der Waals surface area contributed by atoms with Crippen LogP contribution in [0.15, 0.2) is 74.1 Å². The zero-order valence-electron chi connectivity index (χ0n) is 18.9. The van der Waals surface area contributed by atoms with Crippen LogP contribution in [-0.2, 0) is 6.54 Å². The summed E-state index contributed by atoms with van der Waals surface area (Å²) < 4.78 is 12.8. The van der Waals surface area contributed by atoms with Gasteiger partial charge in [0.05, 0.1) is 16.6 Å². The molecule has 2 N–H and O–H groups in total. The molecule has 9 nitrogen and oxygen atoms in total. The van der Waals surface area contributed by atoms with Crippen molar-refractivity contribution in [1.82, 2.24) is 14.5 Å². The number of anilines is 1. The molecule has 10 heteroatoms. The van der Waals surface area contributed by atoms with Crippen molar-refractivity contribution in [3.05, 3.63) is 81.1 Å². The summed E-state index contributed by atoms with van der Waals surface area (Å²) in [5.74, 6) is 0.708. The average molecular weight is 491 g/mol. The number of nitrogens with one attached hydrogen (secondary N) is 2. The lowest BCUT2D eigenvalue weighted by atomic mass is 10.2. The highest BCUT2D eigenvalue weighted by Crippen LogP contribution is 2.42. The highest BCUT2D eigenvalue weighted by Gasteiger charge is 2.19. The van der Waals surface area contributed by atoms with Gasteiger partial charge in [-0.05, 0) is 24.6 Å². The summed E-state index contributed by atoms with van der Waals surface area (Å²) in [5, 5.41) is 3.09. The van der Waals surface area contributed by atoms with Crippen LogP contribution < -0.4 is 26.0 Å². The third kappa shape index (κ3) is 4.65. The zero-order valence-corrected chi connectivity index (χ0v) is 19.7. The van der Waals surface area contributed by atoms with Crippen LogP contribution in [0.3, 0.4) is 0 Å². The number of aromatic nitrogens is 3. The average Bonchev–Trinajstić information content (AvgIpc) is 2.87. The topological polar surface area (TPSA) is 115 Å². The van der Waals surface area contributed by atoms with Crippen LogP contribution in [0.25, 0.3) is 11.0 Å². The third-order valence-electron chi connectivity index (χ3n) is 5.41. The third-order valence-corrected chi connectivity index (χ3v) is 6.47. The molecule has 2 aromatic carbocycles. The van der Waals surface area contributed by atoms with E-state index in [-0.39, 0.29) is 16.6 Å². The van der Waals surface area contributed by atoms with Gasteiger partial charge in [-0.3, -0.25) is 19.1 Å². The molecule has 0 radical (unpaired) electrons. The van der Waals surface area contributed by atoms with Crippen molar-refractivity contribution in [2.24, 2.45) is 0 Å². The summed E-state index contributed by atoms with van der Waals surface area (Å²) >= 11 is 1.48. The maximum absolute atomic E-state index is 13.2. The van der Waals surface area contributed by atoms with E-state index < -0.39 is 17.2 Å². The molecule has 1 amide bonds. The fraction of sp³-hybridized carbons (Fsp3) is 0.200. The Bertz CT molecular complexity index is 1530. The molecule has 0 saturated carbocycles. The van der Waals surface area contributed by atoms with E-state index >= 15 is 0 Å². The first-order valence-corrected chi connectivity index (χ1v) is 12.0. The molecule has 5 rings (SSSR count). The van der Waals surface area contributed by atoms with Crippen LogP contribution in [0.2, 0.25) is 0 Å². The number of hydrogen-bond acceptors (Lipinski definition) is 7. The van der Waals surface area contributed by atoms with E-state index in [2.05, 4.69) is 15.3 Å². The standard InChI is InChI=1S/C25H22N4O5S/c1-2-8-29-22-17(24(31)28-25(29)32)11-15(14-26-22)23(30)27-18-12-19-20(34-10-9-33-19)13-21(18)35-16-6-4-3-5-7-16/h3-7,11-14H,2,8-10H2,1H3,(H,27,30)(H,28,31,32). The van der Waals surface area contributed by atoms with Gasteiger partial charge >= 0.3 is 5.69 Å². The number of H-pyrrole nitrogens is 1. The van der Waals surface area contributed by atoms with Gasteiger partial charge in [-0.2, -0.15) is 0 Å². The first kappa shape index (κ1) is 22.7. The van der Waals surface area contributed by atoms with Crippen LogP contribution in [0.4, 0.5) is 5.69 Å². The Kier molecular flexibility index (Phi) is 6.28. The van der Waals surface area contributed by atoms with E-state index in [1.165, 1.54) is 28.6 Å². The number of rotatable bonds is 6. The Hall–Kier alpha value is -4.05. The number of fused-ring (bicyclic) bond motifs is 2. The summed E-state index contributed by atoms with van der Waals surface area (Å²) in [7, 11) is 0. The van der Waals surface area contributed by atoms with Crippen molar-refractivity contribution in [1.29, 1.82) is 0 Å². The number of carbonyl (C=O) groups is 1. The largest absolute Gasteiger partial charge is 0.486 e. The number of amides is 1. The molecule has 0 aliphatic carbocycles. The quantitative estimate of drug-likeness (QED) is 0.424. The second-order valence-electron chi connectivity index (χ2n) is 7.87. The molecule has 35 heavy (non-hydrogen) atoms. The minimum atomic E-state index is -0.584. The molecule has 1 aliphatic heterocycles. The van der Waals surface area contributed by atoms with E-state index in [9.17, 15) is 14.4 Å². The lowest BCUT2D eigenvalue weighted by molar-refractivity contribution is 0.102. The van der Waals surface area contributed by atoms with Crippen LogP contribution in [0.5, 0.6) is 11.5 Å². The highest BCUT2D eigenvalue weighted by atomic mass is 32.2. The van der Waals surface area contributed by atoms with Crippen LogP contribution in [-0.4, -0.2) is 33.7 Å². The van der Waals surface area contributed by atoms with Gasteiger partial charge in [-0.15, -0.1) is 0 Å². The van der Waals surface area contributed by atoms with E-state index in [1.54, 1.807) is 6.07 Å². The van der Waals surface area contributed by atoms with Gasteiger partial charge in [-0.25, -0.2) is 9.78 Å². The van der Waals surface area contributed by atoms with E-state index in [4.69, 9.17) is 9.47 Å². The maximum atomic E-state index is 13.2. The predicted molar refractivity (Wildman–Crippen MR) is 133 cm³/mol. The summed E-state index contributed by atoms with van der Waals surface area (Å²) in [5.41, 5.74) is -0.128. The normalized spacial score (nSPS) is 12.5. The summed E-state index contributed by atoms with van der Waals surface area (Å²) in [6, 6.07) is 14.8. The van der Waals surface area contributed by atoms with Gasteiger partial charge in [0, 0.05) is 34.7 Å². The monoisotopic (exact) mass is 490 g/mol. The predicted octanol–water partition coefficient (Wildman–Crippen LogP) is 3.67. The number of pyridine rings is 1. The second kappa shape index (κ2) is 9.67. The molecule has 3 heterocycles. The van der Waals surface area contributed by atoms with Gasteiger partial charge in [0.2, 0.25) is 0 Å². The second-order valence-corrected chi connectivity index (χ2v) is 8.98. The molecule has 4 aromatic rings. The van der Waals surface area contributed by atoms with Crippen LogP contribution in [0.1, 0.15) is 23.7 Å². The number of hydrogen-bond donors (Lipinski definition) is 2. The zero-order chi connectivity index (χ0) is 24.4. The molecule has 178 valence electrons. The van der Waals surface area contributed by atoms with Crippen LogP contribution in [0, 0.1) is 0 Å². The van der Waals surface area contributed by atoms with E-state index in [0.29, 0.717) is 43.4 Å². The van der Waals surface area contributed by atoms with Gasteiger partial charge in [0.1, 0.15) is 18.9 Å². The van der Waals surface area contributed by atoms with E-state index in [0.717, 1.165) is 9.79 Å². The van der Waals surface area contributed by atoms with Crippen molar-refractivity contribution in [3.63, 3.8) is 0 Å². The lowest BCUT2D eigenvalue weighted by Crippen LogP contribution is -2.31. The van der Waals surface area contributed by atoms with E-state index in [1.807, 2.05) is 43.3 Å². The molecule has 0 unspecified atom stereocenters. The minimum Gasteiger partial charge on any atom is -0.486 e. The number of ether oxygens (including phenoxy) is 2. The lowest BCUT2D eigenvalue weighted by Gasteiger charge is -2.21. The molecule has 0 saturated heterocycles. The van der Waals surface area contributed by atoms with Gasteiger partial charge < -0.3 is 14.8 Å². The van der Waals surface area contributed by atoms with Crippen molar-refractivity contribution < 1.29 is 14.3 Å². The molecule has 2 aromatic heterocycles. The highest BCUT2D eigenvalue weighted by molar-refractivity contribution is 7.99. The molecular formula is C25H22N4O5S. The van der Waals surface area contributed by atoms with Crippen molar-refractivity contribution in [3.8, 4) is 11.5 Å². The fourth-order valence-electron chi connectivity index (χ4n) is 3.79. The van der Waals surface area contributed by atoms with Crippen molar-refractivity contribution in [2.75, 3.05) is 18.5 Å². The number of aryl methyl sites for hydroxylation is 1. The Morgan fingerprint density at radius 1 is 1.11 bits per heavy atom. The summed E-state index contributed by atoms with van der Waals surface area (Å²) in [4.78, 5) is 46.2. The number of carbonyl (C=O) groups excluding carboxylic acids is 1. The Labute approximate surface area is 204 Å². The van der Waals surface area contributed by atoms with Crippen molar-refractivity contribution in [2.45, 2.75) is 29.7 Å². The molecule has 0 atom stereocenters. The summed E-state index contributed by atoms with van der Waals surface area (Å²) in [6.45, 7) is 3.20. The Morgan fingerprint density at radius 2 is 1.86 bits per heavy atom. The number of benzene rings is 2. The molecule has 0 bridgehead atoms. The minimum absolute atomic E-state index is 0.173. The molecule has 1 aliphatic rings. The Morgan fingerprint density at radius 3 is 2.60 bits per heavy atom. The number of nitrogens with zero attached hydrogens (tertiary/aromatic N) is 2. The van der Waals surface area contributed by atoms with Gasteiger partial charge in [-0.1, -0.05) is 36.9 Å². The molecule has 0 spiro atoms. The first-order chi connectivity index (χ1) is 17.0. The summed E-state index contributed by atoms with van der Waals surface area (Å²) in [6.07, 6.45) is 2.06. The molecular weight excluding hydrogens is 468 g/mol. The van der Waals surface area contributed by atoms with Crippen LogP contribution >= 0.6 is 11.8 Å². The SMILES string of the molecule is CCCn1c(=O)[nH]c(=O)c2cc(C(=O)Nc3cc4c(cc3Sc3ccccc3)OCCO4)cnc21. The maximum Gasteiger partial charge on any atom is 0.329 e. The van der Waals surface area contributed by atoms with Gasteiger partial charge in [0.15, 0.2) is 11.5 Å².